The lowest BCUT2D eigenvalue weighted by molar-refractivity contribution is -0.120. The van der Waals surface area contributed by atoms with Crippen molar-refractivity contribution in [3.63, 3.8) is 0 Å². The Morgan fingerprint density at radius 2 is 2.40 bits per heavy atom. The van der Waals surface area contributed by atoms with Crippen LogP contribution in [0.4, 0.5) is 5.82 Å². The Morgan fingerprint density at radius 3 is 2.93 bits per heavy atom. The fourth-order valence-corrected chi connectivity index (χ4v) is 1.48. The van der Waals surface area contributed by atoms with Crippen LogP contribution in [0.25, 0.3) is 0 Å². The molecule has 1 aromatic heterocycles. The van der Waals surface area contributed by atoms with E-state index in [-0.39, 0.29) is 16.6 Å². The van der Waals surface area contributed by atoms with E-state index in [9.17, 15) is 4.79 Å². The highest BCUT2D eigenvalue weighted by molar-refractivity contribution is 6.28. The van der Waals surface area contributed by atoms with Gasteiger partial charge in [-0.05, 0) is 30.5 Å². The Labute approximate surface area is 92.0 Å². The van der Waals surface area contributed by atoms with Gasteiger partial charge in [0.15, 0.2) is 0 Å². The van der Waals surface area contributed by atoms with Crippen LogP contribution in [0.5, 0.6) is 0 Å². The molecule has 0 saturated heterocycles. The molecule has 2 rings (SSSR count). The molecule has 0 atom stereocenters. The van der Waals surface area contributed by atoms with Gasteiger partial charge in [-0.15, -0.1) is 0 Å². The molecule has 80 valence electrons. The van der Waals surface area contributed by atoms with Crippen LogP contribution in [0.3, 0.4) is 0 Å². The molecule has 0 bridgehead atoms. The van der Waals surface area contributed by atoms with Crippen molar-refractivity contribution in [2.24, 2.45) is 11.1 Å². The van der Waals surface area contributed by atoms with E-state index >= 15 is 0 Å². The van der Waals surface area contributed by atoms with Crippen molar-refractivity contribution in [1.29, 1.82) is 0 Å². The molecule has 1 fully saturated rings. The Kier molecular flexibility index (Phi) is 2.58. The van der Waals surface area contributed by atoms with Gasteiger partial charge < -0.3 is 11.1 Å². The molecule has 1 heterocycles. The number of rotatable bonds is 3. The van der Waals surface area contributed by atoms with Crippen molar-refractivity contribution >= 4 is 23.3 Å². The zero-order chi connectivity index (χ0) is 10.9. The third-order valence-electron chi connectivity index (χ3n) is 2.59. The van der Waals surface area contributed by atoms with Gasteiger partial charge in [0.05, 0.1) is 5.41 Å². The number of hydrogen-bond acceptors (Lipinski definition) is 4. The Bertz CT molecular complexity index is 391. The van der Waals surface area contributed by atoms with Crippen LogP contribution in [0.2, 0.25) is 5.28 Å². The fourth-order valence-electron chi connectivity index (χ4n) is 1.33. The summed E-state index contributed by atoms with van der Waals surface area (Å²) in [6.07, 6.45) is 3.18. The standard InChI is InChI=1S/C9H11ClN4O/c10-8-12-4-1-6(14-8)13-7(15)9(5-11)2-3-9/h1,4H,2-3,5,11H2,(H,12,13,14,15). The summed E-state index contributed by atoms with van der Waals surface area (Å²) in [4.78, 5) is 19.3. The normalized spacial score (nSPS) is 17.2. The first-order valence-electron chi connectivity index (χ1n) is 4.66. The summed E-state index contributed by atoms with van der Waals surface area (Å²) >= 11 is 5.59. The third kappa shape index (κ3) is 2.08. The number of nitrogens with zero attached hydrogens (tertiary/aromatic N) is 2. The molecular weight excluding hydrogens is 216 g/mol. The van der Waals surface area contributed by atoms with Gasteiger partial charge in [0.25, 0.3) is 0 Å². The number of carbonyl (C=O) groups excluding carboxylic acids is 1. The smallest absolute Gasteiger partial charge is 0.233 e. The fraction of sp³-hybridized carbons (Fsp3) is 0.444. The van der Waals surface area contributed by atoms with Crippen molar-refractivity contribution in [3.8, 4) is 0 Å². The maximum absolute atomic E-state index is 11.7. The van der Waals surface area contributed by atoms with Crippen molar-refractivity contribution in [1.82, 2.24) is 9.97 Å². The molecule has 1 amide bonds. The van der Waals surface area contributed by atoms with Crippen LogP contribution in [0.1, 0.15) is 12.8 Å². The first-order chi connectivity index (χ1) is 7.16. The molecule has 1 aliphatic carbocycles. The lowest BCUT2D eigenvalue weighted by Gasteiger charge is -2.11. The number of anilines is 1. The average molecular weight is 227 g/mol. The Morgan fingerprint density at radius 1 is 1.67 bits per heavy atom. The summed E-state index contributed by atoms with van der Waals surface area (Å²) in [5, 5.41) is 2.80. The predicted molar refractivity (Wildman–Crippen MR) is 56.4 cm³/mol. The molecule has 0 aromatic carbocycles. The molecule has 1 aromatic rings. The number of nitrogens with two attached hydrogens (primary N) is 1. The summed E-state index contributed by atoms with van der Waals surface area (Å²) in [5.41, 5.74) is 5.16. The van der Waals surface area contributed by atoms with E-state index in [2.05, 4.69) is 15.3 Å². The van der Waals surface area contributed by atoms with Gasteiger partial charge in [-0.1, -0.05) is 0 Å². The van der Waals surface area contributed by atoms with E-state index in [4.69, 9.17) is 17.3 Å². The quantitative estimate of drug-likeness (QED) is 0.748. The minimum Gasteiger partial charge on any atom is -0.329 e. The molecule has 3 N–H and O–H groups in total. The minimum absolute atomic E-state index is 0.0835. The average Bonchev–Trinajstić information content (AvgIpc) is 2.98. The van der Waals surface area contributed by atoms with E-state index in [1.807, 2.05) is 0 Å². The van der Waals surface area contributed by atoms with E-state index in [1.165, 1.54) is 6.20 Å². The lowest BCUT2D eigenvalue weighted by atomic mass is 10.1. The first kappa shape index (κ1) is 10.3. The van der Waals surface area contributed by atoms with Crippen molar-refractivity contribution < 1.29 is 4.79 Å². The molecule has 5 nitrogen and oxygen atoms in total. The van der Waals surface area contributed by atoms with Crippen LogP contribution >= 0.6 is 11.6 Å². The second-order valence-electron chi connectivity index (χ2n) is 3.65. The monoisotopic (exact) mass is 226 g/mol. The van der Waals surface area contributed by atoms with Crippen LogP contribution in [0.15, 0.2) is 12.3 Å². The summed E-state index contributed by atoms with van der Waals surface area (Å²) in [6.45, 7) is 0.373. The molecule has 15 heavy (non-hydrogen) atoms. The second kappa shape index (κ2) is 3.75. The first-order valence-corrected chi connectivity index (χ1v) is 5.04. The predicted octanol–water partition coefficient (Wildman–Crippen LogP) is 0.807. The summed E-state index contributed by atoms with van der Waals surface area (Å²) in [6, 6.07) is 1.59. The zero-order valence-corrected chi connectivity index (χ0v) is 8.79. The Hall–Kier alpha value is -1.20. The van der Waals surface area contributed by atoms with Gasteiger partial charge in [0.1, 0.15) is 5.82 Å². The van der Waals surface area contributed by atoms with E-state index in [0.29, 0.717) is 12.4 Å². The number of aromatic nitrogens is 2. The van der Waals surface area contributed by atoms with Gasteiger partial charge in [-0.25, -0.2) is 9.97 Å². The van der Waals surface area contributed by atoms with E-state index < -0.39 is 0 Å². The van der Waals surface area contributed by atoms with Crippen molar-refractivity contribution in [2.45, 2.75) is 12.8 Å². The summed E-state index contributed by atoms with van der Waals surface area (Å²) in [5.74, 6) is 0.333. The van der Waals surface area contributed by atoms with Crippen molar-refractivity contribution in [2.75, 3.05) is 11.9 Å². The molecule has 1 aliphatic rings. The maximum Gasteiger partial charge on any atom is 0.233 e. The number of hydrogen-bond donors (Lipinski definition) is 2. The van der Waals surface area contributed by atoms with Crippen LogP contribution in [0, 0.1) is 5.41 Å². The zero-order valence-electron chi connectivity index (χ0n) is 8.03. The second-order valence-corrected chi connectivity index (χ2v) is 3.99. The summed E-state index contributed by atoms with van der Waals surface area (Å²) < 4.78 is 0. The molecule has 0 unspecified atom stereocenters. The largest absolute Gasteiger partial charge is 0.329 e. The Balaban J connectivity index is 2.06. The van der Waals surface area contributed by atoms with Crippen molar-refractivity contribution in [3.05, 3.63) is 17.5 Å². The van der Waals surface area contributed by atoms with Gasteiger partial charge in [-0.3, -0.25) is 4.79 Å². The minimum atomic E-state index is -0.378. The SMILES string of the molecule is NCC1(C(=O)Nc2ccnc(Cl)n2)CC1. The molecule has 6 heteroatoms. The number of nitrogens with one attached hydrogen (secondary N) is 1. The van der Waals surface area contributed by atoms with Crippen LogP contribution in [-0.4, -0.2) is 22.4 Å². The molecule has 0 spiro atoms. The lowest BCUT2D eigenvalue weighted by Crippen LogP contribution is -2.31. The third-order valence-corrected chi connectivity index (χ3v) is 2.78. The topological polar surface area (TPSA) is 80.9 Å². The molecular formula is C9H11ClN4O. The highest BCUT2D eigenvalue weighted by Gasteiger charge is 2.48. The van der Waals surface area contributed by atoms with Crippen LogP contribution in [-0.2, 0) is 4.79 Å². The van der Waals surface area contributed by atoms with Gasteiger partial charge in [0, 0.05) is 12.7 Å². The summed E-state index contributed by atoms with van der Waals surface area (Å²) in [7, 11) is 0. The van der Waals surface area contributed by atoms with Gasteiger partial charge in [-0.2, -0.15) is 0 Å². The van der Waals surface area contributed by atoms with E-state index in [1.54, 1.807) is 6.07 Å². The van der Waals surface area contributed by atoms with Gasteiger partial charge in [0.2, 0.25) is 11.2 Å². The highest BCUT2D eigenvalue weighted by atomic mass is 35.5. The number of amides is 1. The highest BCUT2D eigenvalue weighted by Crippen LogP contribution is 2.45. The molecule has 1 saturated carbocycles. The number of halogens is 1. The molecule has 0 aliphatic heterocycles. The van der Waals surface area contributed by atoms with Gasteiger partial charge >= 0.3 is 0 Å². The maximum atomic E-state index is 11.7. The van der Waals surface area contributed by atoms with Crippen LogP contribution < -0.4 is 11.1 Å². The molecule has 0 radical (unpaired) electrons. The number of carbonyl (C=O) groups is 1. The van der Waals surface area contributed by atoms with E-state index in [0.717, 1.165) is 12.8 Å².